The molecular formula is C12H17NO4. The highest BCUT2D eigenvalue weighted by Crippen LogP contribution is 2.37. The van der Waals surface area contributed by atoms with Crippen LogP contribution in [0, 0.1) is 11.8 Å². The van der Waals surface area contributed by atoms with E-state index in [2.05, 4.69) is 5.32 Å². The largest absolute Gasteiger partial charge is 0.306 e. The first-order valence-electron chi connectivity index (χ1n) is 5.51. The lowest BCUT2D eigenvalue weighted by Gasteiger charge is -2.26. The highest BCUT2D eigenvalue weighted by molar-refractivity contribution is 6.08. The second-order valence-corrected chi connectivity index (χ2v) is 4.70. The van der Waals surface area contributed by atoms with E-state index in [4.69, 9.17) is 0 Å². The Labute approximate surface area is 99.9 Å². The van der Waals surface area contributed by atoms with Gasteiger partial charge in [0.1, 0.15) is 23.1 Å². The average molecular weight is 239 g/mol. The highest BCUT2D eigenvalue weighted by Gasteiger charge is 2.60. The van der Waals surface area contributed by atoms with Gasteiger partial charge < -0.3 is 5.32 Å². The molecule has 0 aromatic heterocycles. The van der Waals surface area contributed by atoms with Gasteiger partial charge in [-0.05, 0) is 27.7 Å². The van der Waals surface area contributed by atoms with Gasteiger partial charge in [-0.2, -0.15) is 0 Å². The fourth-order valence-electron chi connectivity index (χ4n) is 2.70. The molecule has 1 rings (SSSR count). The standard InChI is InChI=1S/C12H17NO4/c1-6(14)10(7(2)15)12(5-13-12)11(8(3)16)9(4)17/h10-11,13H,5H2,1-4H3. The van der Waals surface area contributed by atoms with E-state index in [0.717, 1.165) is 0 Å². The zero-order valence-electron chi connectivity index (χ0n) is 10.5. The van der Waals surface area contributed by atoms with E-state index in [9.17, 15) is 19.2 Å². The summed E-state index contributed by atoms with van der Waals surface area (Å²) < 4.78 is 0. The van der Waals surface area contributed by atoms with Crippen LogP contribution in [0.5, 0.6) is 0 Å². The Bertz CT molecular complexity index is 333. The van der Waals surface area contributed by atoms with Crippen LogP contribution in [0.25, 0.3) is 0 Å². The van der Waals surface area contributed by atoms with E-state index in [1.165, 1.54) is 27.7 Å². The molecule has 0 spiro atoms. The van der Waals surface area contributed by atoms with Crippen molar-refractivity contribution >= 4 is 23.1 Å². The molecular weight excluding hydrogens is 222 g/mol. The number of ketones is 4. The van der Waals surface area contributed by atoms with Crippen LogP contribution in [-0.4, -0.2) is 35.2 Å². The SMILES string of the molecule is CC(=O)C(C(C)=O)C1(C(C(C)=O)C(C)=O)CN1. The molecule has 0 aromatic carbocycles. The first-order chi connectivity index (χ1) is 7.74. The third kappa shape index (κ3) is 2.34. The summed E-state index contributed by atoms with van der Waals surface area (Å²) in [6.07, 6.45) is 0. The van der Waals surface area contributed by atoms with Crippen LogP contribution in [0.2, 0.25) is 0 Å². The normalized spacial score (nSPS) is 17.1. The predicted molar refractivity (Wildman–Crippen MR) is 60.4 cm³/mol. The topological polar surface area (TPSA) is 90.2 Å². The first-order valence-corrected chi connectivity index (χ1v) is 5.51. The van der Waals surface area contributed by atoms with Crippen molar-refractivity contribution in [3.63, 3.8) is 0 Å². The van der Waals surface area contributed by atoms with Gasteiger partial charge in [0.2, 0.25) is 0 Å². The van der Waals surface area contributed by atoms with Crippen LogP contribution in [-0.2, 0) is 19.2 Å². The van der Waals surface area contributed by atoms with Gasteiger partial charge in [-0.1, -0.05) is 0 Å². The van der Waals surface area contributed by atoms with Gasteiger partial charge in [0.25, 0.3) is 0 Å². The fourth-order valence-corrected chi connectivity index (χ4v) is 2.70. The summed E-state index contributed by atoms with van der Waals surface area (Å²) in [6.45, 7) is 5.59. The smallest absolute Gasteiger partial charge is 0.142 e. The van der Waals surface area contributed by atoms with E-state index < -0.39 is 17.4 Å². The molecule has 1 aliphatic rings. The van der Waals surface area contributed by atoms with Crippen LogP contribution < -0.4 is 5.32 Å². The molecule has 0 saturated carbocycles. The molecule has 1 aliphatic heterocycles. The van der Waals surface area contributed by atoms with Crippen molar-refractivity contribution in [3.8, 4) is 0 Å². The van der Waals surface area contributed by atoms with E-state index >= 15 is 0 Å². The van der Waals surface area contributed by atoms with E-state index in [1.54, 1.807) is 0 Å². The Kier molecular flexibility index (Phi) is 3.62. The van der Waals surface area contributed by atoms with Crippen molar-refractivity contribution in [3.05, 3.63) is 0 Å². The predicted octanol–water partition coefficient (Wildman–Crippen LogP) is -0.0832. The quantitative estimate of drug-likeness (QED) is 0.517. The Balaban J connectivity index is 3.16. The molecule has 1 saturated heterocycles. The molecule has 17 heavy (non-hydrogen) atoms. The Morgan fingerprint density at radius 2 is 1.06 bits per heavy atom. The lowest BCUT2D eigenvalue weighted by atomic mass is 9.74. The second-order valence-electron chi connectivity index (χ2n) is 4.70. The van der Waals surface area contributed by atoms with Gasteiger partial charge in [0.05, 0.1) is 17.4 Å². The van der Waals surface area contributed by atoms with E-state index in [0.29, 0.717) is 6.54 Å². The Morgan fingerprint density at radius 3 is 1.18 bits per heavy atom. The monoisotopic (exact) mass is 239 g/mol. The molecule has 1 fully saturated rings. The van der Waals surface area contributed by atoms with Crippen LogP contribution in [0.3, 0.4) is 0 Å². The van der Waals surface area contributed by atoms with Gasteiger partial charge in [-0.15, -0.1) is 0 Å². The van der Waals surface area contributed by atoms with Crippen molar-refractivity contribution < 1.29 is 19.2 Å². The third-order valence-electron chi connectivity index (χ3n) is 3.24. The minimum atomic E-state index is -0.977. The number of rotatable bonds is 6. The van der Waals surface area contributed by atoms with Crippen molar-refractivity contribution in [2.75, 3.05) is 6.54 Å². The summed E-state index contributed by atoms with van der Waals surface area (Å²) in [5.41, 5.74) is -0.977. The minimum Gasteiger partial charge on any atom is -0.306 e. The molecule has 0 unspecified atom stereocenters. The molecule has 0 aliphatic carbocycles. The molecule has 1 N–H and O–H groups in total. The van der Waals surface area contributed by atoms with E-state index in [1.807, 2.05) is 0 Å². The van der Waals surface area contributed by atoms with Crippen molar-refractivity contribution in [1.29, 1.82) is 0 Å². The van der Waals surface area contributed by atoms with Crippen LogP contribution >= 0.6 is 0 Å². The Morgan fingerprint density at radius 1 is 0.824 bits per heavy atom. The molecule has 1 heterocycles. The maximum Gasteiger partial charge on any atom is 0.142 e. The Hall–Kier alpha value is -1.36. The summed E-state index contributed by atoms with van der Waals surface area (Å²) in [6, 6.07) is 0. The second kappa shape index (κ2) is 4.49. The summed E-state index contributed by atoms with van der Waals surface area (Å²) >= 11 is 0. The fraction of sp³-hybridized carbons (Fsp3) is 0.667. The van der Waals surface area contributed by atoms with Crippen LogP contribution in [0.15, 0.2) is 0 Å². The van der Waals surface area contributed by atoms with Gasteiger partial charge in [-0.3, -0.25) is 19.2 Å². The van der Waals surface area contributed by atoms with Crippen LogP contribution in [0.4, 0.5) is 0 Å². The number of hydrogen-bond acceptors (Lipinski definition) is 5. The lowest BCUT2D eigenvalue weighted by Crippen LogP contribution is -2.48. The molecule has 5 heteroatoms. The van der Waals surface area contributed by atoms with Gasteiger partial charge in [0, 0.05) is 6.54 Å². The molecule has 0 amide bonds. The van der Waals surface area contributed by atoms with Crippen LogP contribution in [0.1, 0.15) is 27.7 Å². The number of hydrogen-bond donors (Lipinski definition) is 1. The maximum atomic E-state index is 11.5. The zero-order chi connectivity index (χ0) is 13.4. The van der Waals surface area contributed by atoms with Crippen molar-refractivity contribution in [2.45, 2.75) is 33.2 Å². The number of carbonyl (C=O) groups is 4. The number of Topliss-reactive ketones (excluding diaryl/α,β-unsaturated/α-hetero) is 4. The van der Waals surface area contributed by atoms with E-state index in [-0.39, 0.29) is 23.1 Å². The van der Waals surface area contributed by atoms with Gasteiger partial charge in [-0.25, -0.2) is 0 Å². The summed E-state index contributed by atoms with van der Waals surface area (Å²) in [5, 5.41) is 2.89. The molecule has 0 atom stereocenters. The minimum absolute atomic E-state index is 0.310. The number of carbonyl (C=O) groups excluding carboxylic acids is 4. The summed E-state index contributed by atoms with van der Waals surface area (Å²) in [5.74, 6) is -3.07. The third-order valence-corrected chi connectivity index (χ3v) is 3.24. The highest BCUT2D eigenvalue weighted by atomic mass is 16.2. The van der Waals surface area contributed by atoms with Crippen molar-refractivity contribution in [1.82, 2.24) is 5.32 Å². The molecule has 0 aromatic rings. The summed E-state index contributed by atoms with van der Waals surface area (Å²) in [7, 11) is 0. The molecule has 5 nitrogen and oxygen atoms in total. The lowest BCUT2D eigenvalue weighted by molar-refractivity contribution is -0.136. The molecule has 0 radical (unpaired) electrons. The van der Waals surface area contributed by atoms with Gasteiger partial charge >= 0.3 is 0 Å². The molecule has 0 bridgehead atoms. The molecule has 94 valence electrons. The number of nitrogens with one attached hydrogen (secondary N) is 1. The van der Waals surface area contributed by atoms with Crippen molar-refractivity contribution in [2.24, 2.45) is 11.8 Å². The summed E-state index contributed by atoms with van der Waals surface area (Å²) in [4.78, 5) is 46.2. The van der Waals surface area contributed by atoms with Gasteiger partial charge in [0.15, 0.2) is 0 Å². The first kappa shape index (κ1) is 13.7. The average Bonchev–Trinajstić information content (AvgIpc) is 2.81. The maximum absolute atomic E-state index is 11.5. The zero-order valence-corrected chi connectivity index (χ0v) is 10.5.